The molecular weight excluding hydrogens is 263 g/mol. The molecule has 121 valence electrons. The maximum atomic E-state index is 11.8. The van der Waals surface area contributed by atoms with Gasteiger partial charge in [0.05, 0.1) is 7.80 Å². The summed E-state index contributed by atoms with van der Waals surface area (Å²) in [6.07, 6.45) is 18.5. The highest BCUT2D eigenvalue weighted by Crippen LogP contribution is 2.33. The molecule has 0 rings (SSSR count). The molecular formula is C18H38OP. The van der Waals surface area contributed by atoms with Crippen LogP contribution in [0.2, 0.25) is 0 Å². The summed E-state index contributed by atoms with van der Waals surface area (Å²) < 4.78 is 11.8. The lowest BCUT2D eigenvalue weighted by atomic mass is 10.0. The molecule has 0 N–H and O–H groups in total. The lowest BCUT2D eigenvalue weighted by Crippen LogP contribution is -2.01. The molecule has 2 unspecified atom stereocenters. The summed E-state index contributed by atoms with van der Waals surface area (Å²) in [4.78, 5) is 0. The zero-order chi connectivity index (χ0) is 15.1. The van der Waals surface area contributed by atoms with Gasteiger partial charge in [-0.05, 0) is 12.8 Å². The molecule has 0 amide bonds. The first-order valence-corrected chi connectivity index (χ1v) is 10.7. The Morgan fingerprint density at radius 3 is 1.55 bits per heavy atom. The largest absolute Gasteiger partial charge is 0.287 e. The van der Waals surface area contributed by atoms with E-state index in [2.05, 4.69) is 20.8 Å². The predicted octanol–water partition coefficient (Wildman–Crippen LogP) is 7.31. The van der Waals surface area contributed by atoms with Crippen LogP contribution in [0.4, 0.5) is 0 Å². The molecule has 1 nitrogen and oxygen atoms in total. The number of rotatable bonds is 15. The van der Waals surface area contributed by atoms with E-state index in [-0.39, 0.29) is 0 Å². The summed E-state index contributed by atoms with van der Waals surface area (Å²) in [6, 6.07) is 0. The van der Waals surface area contributed by atoms with E-state index in [4.69, 9.17) is 0 Å². The first kappa shape index (κ1) is 20.1. The van der Waals surface area contributed by atoms with Crippen molar-refractivity contribution in [2.75, 3.05) is 6.16 Å². The van der Waals surface area contributed by atoms with Crippen molar-refractivity contribution in [3.63, 3.8) is 0 Å². The highest BCUT2D eigenvalue weighted by molar-refractivity contribution is 7.45. The minimum Gasteiger partial charge on any atom is -0.287 e. The first-order valence-electron chi connectivity index (χ1n) is 9.19. The second-order valence-electron chi connectivity index (χ2n) is 6.12. The maximum Gasteiger partial charge on any atom is 0.0747 e. The quantitative estimate of drug-likeness (QED) is 0.229. The normalized spacial score (nSPS) is 13.4. The standard InChI is InChI=1S/C18H38OP/c1-4-7-8-9-10-11-12-13-14-15-16-17-18(5-2)20(19)6-3/h18H,4-17H2,1-3H3. The van der Waals surface area contributed by atoms with Crippen molar-refractivity contribution in [3.8, 4) is 0 Å². The molecule has 2 heteroatoms. The highest BCUT2D eigenvalue weighted by atomic mass is 31.1. The van der Waals surface area contributed by atoms with Crippen LogP contribution >= 0.6 is 7.80 Å². The highest BCUT2D eigenvalue weighted by Gasteiger charge is 2.12. The molecule has 0 fully saturated rings. The number of unbranched alkanes of at least 4 members (excludes halogenated alkanes) is 10. The Balaban J connectivity index is 3.25. The van der Waals surface area contributed by atoms with Gasteiger partial charge in [-0.2, -0.15) is 0 Å². The summed E-state index contributed by atoms with van der Waals surface area (Å²) in [5, 5.41) is 0. The molecule has 20 heavy (non-hydrogen) atoms. The van der Waals surface area contributed by atoms with Gasteiger partial charge in [0.15, 0.2) is 0 Å². The minimum absolute atomic E-state index is 0.494. The Morgan fingerprint density at radius 1 is 0.700 bits per heavy atom. The number of hydrogen-bond acceptors (Lipinski definition) is 1. The fourth-order valence-corrected chi connectivity index (χ4v) is 4.25. The van der Waals surface area contributed by atoms with E-state index in [0.717, 1.165) is 12.6 Å². The van der Waals surface area contributed by atoms with Crippen molar-refractivity contribution < 1.29 is 4.57 Å². The lowest BCUT2D eigenvalue weighted by molar-refractivity contribution is 0.531. The molecule has 0 aromatic rings. The van der Waals surface area contributed by atoms with E-state index in [1.54, 1.807) is 0 Å². The predicted molar refractivity (Wildman–Crippen MR) is 93.3 cm³/mol. The molecule has 0 spiro atoms. The maximum absolute atomic E-state index is 11.8. The van der Waals surface area contributed by atoms with Gasteiger partial charge in [-0.25, -0.2) is 0 Å². The zero-order valence-electron chi connectivity index (χ0n) is 14.3. The van der Waals surface area contributed by atoms with Crippen LogP contribution < -0.4 is 0 Å². The van der Waals surface area contributed by atoms with Gasteiger partial charge >= 0.3 is 0 Å². The summed E-state index contributed by atoms with van der Waals surface area (Å²) in [7, 11) is -0.930. The van der Waals surface area contributed by atoms with Crippen molar-refractivity contribution >= 4 is 7.80 Å². The molecule has 0 saturated carbocycles. The van der Waals surface area contributed by atoms with Gasteiger partial charge in [0.1, 0.15) is 0 Å². The van der Waals surface area contributed by atoms with Crippen molar-refractivity contribution in [2.45, 2.75) is 110 Å². The summed E-state index contributed by atoms with van der Waals surface area (Å²) >= 11 is 0. The Kier molecular flexibility index (Phi) is 15.6. The van der Waals surface area contributed by atoms with Gasteiger partial charge in [-0.3, -0.25) is 4.57 Å². The molecule has 0 saturated heterocycles. The van der Waals surface area contributed by atoms with Crippen LogP contribution in [-0.2, 0) is 4.57 Å². The Bertz CT molecular complexity index is 215. The van der Waals surface area contributed by atoms with Crippen LogP contribution in [0.15, 0.2) is 0 Å². The molecule has 0 aromatic heterocycles. The molecule has 0 aromatic carbocycles. The molecule has 1 radical (unpaired) electrons. The minimum atomic E-state index is -0.930. The third kappa shape index (κ3) is 11.9. The van der Waals surface area contributed by atoms with Crippen molar-refractivity contribution in [2.24, 2.45) is 0 Å². The Hall–Kier alpha value is 0.100. The van der Waals surface area contributed by atoms with Crippen molar-refractivity contribution in [1.82, 2.24) is 0 Å². The fraction of sp³-hybridized carbons (Fsp3) is 1.00. The van der Waals surface area contributed by atoms with E-state index in [0.29, 0.717) is 5.66 Å². The van der Waals surface area contributed by atoms with Gasteiger partial charge in [0, 0.05) is 11.8 Å². The monoisotopic (exact) mass is 301 g/mol. The van der Waals surface area contributed by atoms with Gasteiger partial charge in [0.2, 0.25) is 0 Å². The van der Waals surface area contributed by atoms with Crippen molar-refractivity contribution in [3.05, 3.63) is 0 Å². The molecule has 0 heterocycles. The fourth-order valence-electron chi connectivity index (χ4n) is 2.85. The van der Waals surface area contributed by atoms with Crippen LogP contribution in [0.1, 0.15) is 104 Å². The SMILES string of the molecule is CCCCCCCCCCCCCC(CC)[P](=O)CC. The van der Waals surface area contributed by atoms with Gasteiger partial charge in [-0.15, -0.1) is 0 Å². The van der Waals surface area contributed by atoms with E-state index in [1.165, 1.54) is 77.0 Å². The molecule has 2 atom stereocenters. The van der Waals surface area contributed by atoms with E-state index < -0.39 is 7.80 Å². The molecule has 0 aliphatic rings. The van der Waals surface area contributed by atoms with E-state index >= 15 is 0 Å². The van der Waals surface area contributed by atoms with Crippen LogP contribution in [0, 0.1) is 0 Å². The van der Waals surface area contributed by atoms with Gasteiger partial charge in [0.25, 0.3) is 0 Å². The summed E-state index contributed by atoms with van der Waals surface area (Å²) in [6.45, 7) is 6.52. The molecule has 0 aliphatic carbocycles. The topological polar surface area (TPSA) is 17.1 Å². The first-order chi connectivity index (χ1) is 9.76. The molecule has 0 aliphatic heterocycles. The second kappa shape index (κ2) is 15.5. The smallest absolute Gasteiger partial charge is 0.0747 e. The van der Waals surface area contributed by atoms with Crippen LogP contribution in [0.5, 0.6) is 0 Å². The Morgan fingerprint density at radius 2 is 1.15 bits per heavy atom. The third-order valence-corrected chi connectivity index (χ3v) is 6.39. The zero-order valence-corrected chi connectivity index (χ0v) is 15.2. The third-order valence-electron chi connectivity index (χ3n) is 4.33. The van der Waals surface area contributed by atoms with Crippen LogP contribution in [-0.4, -0.2) is 11.8 Å². The van der Waals surface area contributed by atoms with E-state index in [1.807, 2.05) is 0 Å². The van der Waals surface area contributed by atoms with Crippen molar-refractivity contribution in [1.29, 1.82) is 0 Å². The van der Waals surface area contributed by atoms with Crippen LogP contribution in [0.25, 0.3) is 0 Å². The average Bonchev–Trinajstić information content (AvgIpc) is 2.48. The van der Waals surface area contributed by atoms with Crippen LogP contribution in [0.3, 0.4) is 0 Å². The Labute approximate surface area is 129 Å². The summed E-state index contributed by atoms with van der Waals surface area (Å²) in [5.41, 5.74) is 0.494. The lowest BCUT2D eigenvalue weighted by Gasteiger charge is -2.12. The van der Waals surface area contributed by atoms with Gasteiger partial charge in [-0.1, -0.05) is 91.4 Å². The average molecular weight is 301 g/mol. The number of hydrogen-bond donors (Lipinski definition) is 0. The second-order valence-corrected chi connectivity index (χ2v) is 8.32. The molecule has 0 bridgehead atoms. The summed E-state index contributed by atoms with van der Waals surface area (Å²) in [5.74, 6) is 0. The van der Waals surface area contributed by atoms with Gasteiger partial charge < -0.3 is 0 Å². The van der Waals surface area contributed by atoms with E-state index in [9.17, 15) is 4.57 Å².